The summed E-state index contributed by atoms with van der Waals surface area (Å²) < 4.78 is 26.9. The van der Waals surface area contributed by atoms with Gasteiger partial charge in [0, 0.05) is 24.2 Å². The van der Waals surface area contributed by atoms with Gasteiger partial charge in [-0.25, -0.2) is 13.1 Å². The molecule has 0 saturated heterocycles. The largest absolute Gasteiger partial charge is 0.326 e. The van der Waals surface area contributed by atoms with Gasteiger partial charge in [-0.05, 0) is 42.0 Å². The molecule has 22 heavy (non-hydrogen) atoms. The van der Waals surface area contributed by atoms with Crippen molar-refractivity contribution < 1.29 is 13.2 Å². The molecule has 0 atom stereocenters. The van der Waals surface area contributed by atoms with Gasteiger partial charge in [0.25, 0.3) is 0 Å². The van der Waals surface area contributed by atoms with Crippen molar-refractivity contribution in [1.82, 2.24) is 4.72 Å². The Bertz CT molecular complexity index is 756. The summed E-state index contributed by atoms with van der Waals surface area (Å²) in [5.41, 5.74) is 1.35. The molecule has 0 fully saturated rings. The van der Waals surface area contributed by atoms with Crippen LogP contribution in [-0.4, -0.2) is 14.3 Å². The lowest BCUT2D eigenvalue weighted by Gasteiger charge is -2.08. The molecule has 0 unspecified atom stereocenters. The number of halogens is 1. The van der Waals surface area contributed by atoms with Crippen LogP contribution in [0.4, 0.5) is 5.69 Å². The van der Waals surface area contributed by atoms with Crippen molar-refractivity contribution in [3.05, 3.63) is 59.1 Å². The molecule has 0 bridgehead atoms. The van der Waals surface area contributed by atoms with Crippen molar-refractivity contribution in [1.29, 1.82) is 0 Å². The number of carbonyl (C=O) groups excluding carboxylic acids is 1. The zero-order chi connectivity index (χ0) is 16.2. The molecule has 0 spiro atoms. The van der Waals surface area contributed by atoms with E-state index >= 15 is 0 Å². The first-order valence-corrected chi connectivity index (χ1v) is 8.35. The molecule has 2 aromatic rings. The maximum Gasteiger partial charge on any atom is 0.240 e. The highest BCUT2D eigenvalue weighted by molar-refractivity contribution is 7.89. The second kappa shape index (κ2) is 6.91. The molecule has 0 aromatic heterocycles. The Hall–Kier alpha value is -1.89. The molecule has 0 aliphatic carbocycles. The topological polar surface area (TPSA) is 75.3 Å². The van der Waals surface area contributed by atoms with E-state index in [4.69, 9.17) is 11.6 Å². The monoisotopic (exact) mass is 338 g/mol. The van der Waals surface area contributed by atoms with Crippen LogP contribution in [0.3, 0.4) is 0 Å². The summed E-state index contributed by atoms with van der Waals surface area (Å²) in [4.78, 5) is 11.1. The first kappa shape index (κ1) is 16.5. The normalized spacial score (nSPS) is 11.2. The second-order valence-electron chi connectivity index (χ2n) is 4.66. The molecule has 1 amide bonds. The fourth-order valence-electron chi connectivity index (χ4n) is 1.78. The van der Waals surface area contributed by atoms with Crippen LogP contribution in [0.15, 0.2) is 53.4 Å². The first-order valence-electron chi connectivity index (χ1n) is 6.48. The number of benzene rings is 2. The molecule has 0 saturated carbocycles. The van der Waals surface area contributed by atoms with Gasteiger partial charge < -0.3 is 5.32 Å². The number of hydrogen-bond acceptors (Lipinski definition) is 3. The average molecular weight is 339 g/mol. The maximum absolute atomic E-state index is 12.2. The fraction of sp³-hybridized carbons (Fsp3) is 0.133. The van der Waals surface area contributed by atoms with Gasteiger partial charge in [-0.3, -0.25) is 4.79 Å². The van der Waals surface area contributed by atoms with Crippen LogP contribution in [0.2, 0.25) is 5.02 Å². The van der Waals surface area contributed by atoms with Gasteiger partial charge in [-0.1, -0.05) is 23.7 Å². The average Bonchev–Trinajstić information content (AvgIpc) is 2.47. The summed E-state index contributed by atoms with van der Waals surface area (Å²) in [6, 6.07) is 12.9. The molecule has 5 nitrogen and oxygen atoms in total. The van der Waals surface area contributed by atoms with E-state index in [1.807, 2.05) is 0 Å². The molecular formula is C15H15ClN2O3S. The maximum atomic E-state index is 12.2. The molecule has 0 aliphatic rings. The second-order valence-corrected chi connectivity index (χ2v) is 6.86. The highest BCUT2D eigenvalue weighted by Gasteiger charge is 2.13. The van der Waals surface area contributed by atoms with Crippen LogP contribution >= 0.6 is 11.6 Å². The molecular weight excluding hydrogens is 324 g/mol. The lowest BCUT2D eigenvalue weighted by atomic mass is 10.2. The van der Waals surface area contributed by atoms with Crippen LogP contribution in [-0.2, 0) is 21.4 Å². The minimum Gasteiger partial charge on any atom is -0.326 e. The highest BCUT2D eigenvalue weighted by atomic mass is 35.5. The van der Waals surface area contributed by atoms with Crippen molar-refractivity contribution in [2.24, 2.45) is 0 Å². The van der Waals surface area contributed by atoms with Crippen LogP contribution < -0.4 is 10.0 Å². The summed E-state index contributed by atoms with van der Waals surface area (Å²) in [7, 11) is -3.61. The van der Waals surface area contributed by atoms with E-state index in [1.165, 1.54) is 31.2 Å². The van der Waals surface area contributed by atoms with E-state index in [9.17, 15) is 13.2 Å². The highest BCUT2D eigenvalue weighted by Crippen LogP contribution is 2.15. The fourth-order valence-corrected chi connectivity index (χ4v) is 2.93. The third-order valence-electron chi connectivity index (χ3n) is 2.86. The number of hydrogen-bond donors (Lipinski definition) is 2. The number of rotatable bonds is 5. The van der Waals surface area contributed by atoms with Gasteiger partial charge in [0.2, 0.25) is 15.9 Å². The van der Waals surface area contributed by atoms with E-state index in [2.05, 4.69) is 10.0 Å². The quantitative estimate of drug-likeness (QED) is 0.880. The molecule has 0 aliphatic heterocycles. The van der Waals surface area contributed by atoms with Crippen LogP contribution in [0.25, 0.3) is 0 Å². The van der Waals surface area contributed by atoms with Crippen molar-refractivity contribution in [2.45, 2.75) is 18.4 Å². The van der Waals surface area contributed by atoms with Crippen molar-refractivity contribution >= 4 is 33.2 Å². The molecule has 0 heterocycles. The Morgan fingerprint density at radius 3 is 2.18 bits per heavy atom. The summed E-state index contributed by atoms with van der Waals surface area (Å²) in [5, 5.41) is 3.18. The summed E-state index contributed by atoms with van der Waals surface area (Å²) >= 11 is 5.78. The van der Waals surface area contributed by atoms with E-state index in [0.29, 0.717) is 10.7 Å². The van der Waals surface area contributed by atoms with E-state index in [1.54, 1.807) is 24.3 Å². The summed E-state index contributed by atoms with van der Waals surface area (Å²) in [5.74, 6) is -0.212. The van der Waals surface area contributed by atoms with Crippen molar-refractivity contribution in [2.75, 3.05) is 5.32 Å². The van der Waals surface area contributed by atoms with Crippen LogP contribution in [0, 0.1) is 0 Å². The Morgan fingerprint density at radius 2 is 1.64 bits per heavy atom. The van der Waals surface area contributed by atoms with E-state index in [-0.39, 0.29) is 17.3 Å². The number of carbonyl (C=O) groups is 1. The third-order valence-corrected chi connectivity index (χ3v) is 4.53. The van der Waals surface area contributed by atoms with Gasteiger partial charge in [-0.2, -0.15) is 0 Å². The molecule has 2 aromatic carbocycles. The van der Waals surface area contributed by atoms with E-state index in [0.717, 1.165) is 5.56 Å². The van der Waals surface area contributed by atoms with Gasteiger partial charge in [0.15, 0.2) is 0 Å². The smallest absolute Gasteiger partial charge is 0.240 e. The molecule has 7 heteroatoms. The lowest BCUT2D eigenvalue weighted by molar-refractivity contribution is -0.114. The number of amides is 1. The van der Waals surface area contributed by atoms with Gasteiger partial charge in [-0.15, -0.1) is 0 Å². The van der Waals surface area contributed by atoms with Crippen molar-refractivity contribution in [3.8, 4) is 0 Å². The Labute approximate surface area is 134 Å². The lowest BCUT2D eigenvalue weighted by Crippen LogP contribution is -2.23. The van der Waals surface area contributed by atoms with Gasteiger partial charge >= 0.3 is 0 Å². The molecule has 2 rings (SSSR count). The number of sulfonamides is 1. The molecule has 116 valence electrons. The van der Waals surface area contributed by atoms with Gasteiger partial charge in [0.05, 0.1) is 4.90 Å². The van der Waals surface area contributed by atoms with Crippen molar-refractivity contribution in [3.63, 3.8) is 0 Å². The SMILES string of the molecule is CC(=O)Nc1ccc(S(=O)(=O)NCc2ccc(Cl)cc2)cc1. The predicted molar refractivity (Wildman–Crippen MR) is 86.2 cm³/mol. The summed E-state index contributed by atoms with van der Waals surface area (Å²) in [6.45, 7) is 1.56. The van der Waals surface area contributed by atoms with Crippen LogP contribution in [0.1, 0.15) is 12.5 Å². The first-order chi connectivity index (χ1) is 10.4. The molecule has 0 radical (unpaired) electrons. The number of nitrogens with one attached hydrogen (secondary N) is 2. The van der Waals surface area contributed by atoms with E-state index < -0.39 is 10.0 Å². The zero-order valence-electron chi connectivity index (χ0n) is 11.8. The summed E-state index contributed by atoms with van der Waals surface area (Å²) in [6.07, 6.45) is 0. The van der Waals surface area contributed by atoms with Gasteiger partial charge in [0.1, 0.15) is 0 Å². The Morgan fingerprint density at radius 1 is 1.05 bits per heavy atom. The zero-order valence-corrected chi connectivity index (χ0v) is 13.4. The number of anilines is 1. The molecule has 2 N–H and O–H groups in total. The standard InChI is InChI=1S/C15H15ClN2O3S/c1-11(19)18-14-6-8-15(9-7-14)22(20,21)17-10-12-2-4-13(16)5-3-12/h2-9,17H,10H2,1H3,(H,18,19). The van der Waals surface area contributed by atoms with Crippen LogP contribution in [0.5, 0.6) is 0 Å². The minimum absolute atomic E-state index is 0.135. The Kier molecular flexibility index (Phi) is 5.18. The predicted octanol–water partition coefficient (Wildman–Crippen LogP) is 2.78. The third kappa shape index (κ3) is 4.56. The minimum atomic E-state index is -3.61. The Balaban J connectivity index is 2.06.